The summed E-state index contributed by atoms with van der Waals surface area (Å²) in [5.41, 5.74) is 1.98. The van der Waals surface area contributed by atoms with Crippen molar-refractivity contribution in [3.63, 3.8) is 0 Å². The number of benzene rings is 1. The minimum atomic E-state index is -0.761. The van der Waals surface area contributed by atoms with Crippen LogP contribution in [0.2, 0.25) is 20.2 Å². The summed E-state index contributed by atoms with van der Waals surface area (Å²) in [6.45, 7) is 0. The van der Waals surface area contributed by atoms with Crippen molar-refractivity contribution >= 4 is 64.1 Å². The normalized spacial score (nSPS) is 11.0. The number of anilines is 1. The molecule has 11 heteroatoms. The van der Waals surface area contributed by atoms with Crippen LogP contribution in [0, 0.1) is 10.1 Å². The predicted octanol–water partition coefficient (Wildman–Crippen LogP) is 4.76. The average molecular weight is 396 g/mol. The van der Waals surface area contributed by atoms with Crippen LogP contribution in [-0.4, -0.2) is 21.2 Å². The van der Waals surface area contributed by atoms with Crippen molar-refractivity contribution in [1.29, 1.82) is 0 Å². The van der Waals surface area contributed by atoms with Crippen LogP contribution in [0.5, 0.6) is 5.75 Å². The number of pyridine rings is 1. The van der Waals surface area contributed by atoms with E-state index >= 15 is 0 Å². The second-order valence-electron chi connectivity index (χ2n) is 4.08. The summed E-state index contributed by atoms with van der Waals surface area (Å²) in [7, 11) is 0. The summed E-state index contributed by atoms with van der Waals surface area (Å²) >= 11 is 23.2. The van der Waals surface area contributed by atoms with Crippen LogP contribution in [0.3, 0.4) is 0 Å². The lowest BCUT2D eigenvalue weighted by atomic mass is 10.2. The number of hydrogen-bond acceptors (Lipinski definition) is 6. The molecule has 0 aliphatic heterocycles. The maximum absolute atomic E-state index is 10.8. The molecule has 0 radical (unpaired) electrons. The fourth-order valence-corrected chi connectivity index (χ4v) is 2.29. The zero-order valence-corrected chi connectivity index (χ0v) is 14.0. The third kappa shape index (κ3) is 4.14. The molecule has 1 aromatic carbocycles. The lowest BCUT2D eigenvalue weighted by Gasteiger charge is -2.05. The number of nitro benzene ring substituents is 1. The number of nitro groups is 1. The van der Waals surface area contributed by atoms with Crippen molar-refractivity contribution in [2.75, 3.05) is 5.43 Å². The Morgan fingerprint density at radius 2 is 1.91 bits per heavy atom. The molecule has 0 amide bonds. The van der Waals surface area contributed by atoms with Crippen molar-refractivity contribution in [3.05, 3.63) is 54.1 Å². The predicted molar refractivity (Wildman–Crippen MR) is 90.3 cm³/mol. The SMILES string of the molecule is O=[N+]([O-])c1cc(Cl)cc(/C=N/Nc2nc(Cl)c(Cl)cc2Cl)c1O. The molecule has 0 bridgehead atoms. The van der Waals surface area contributed by atoms with E-state index in [4.69, 9.17) is 46.4 Å². The van der Waals surface area contributed by atoms with Crippen molar-refractivity contribution < 1.29 is 10.0 Å². The molecule has 2 rings (SSSR count). The van der Waals surface area contributed by atoms with Crippen LogP contribution in [-0.2, 0) is 0 Å². The molecule has 2 aromatic rings. The molecular weight excluding hydrogens is 390 g/mol. The van der Waals surface area contributed by atoms with E-state index in [0.29, 0.717) is 0 Å². The van der Waals surface area contributed by atoms with Crippen LogP contribution in [0.25, 0.3) is 0 Å². The van der Waals surface area contributed by atoms with Crippen molar-refractivity contribution in [1.82, 2.24) is 4.98 Å². The average Bonchev–Trinajstić information content (AvgIpc) is 2.47. The van der Waals surface area contributed by atoms with E-state index in [1.165, 1.54) is 12.1 Å². The molecule has 2 N–H and O–H groups in total. The molecule has 0 aliphatic carbocycles. The van der Waals surface area contributed by atoms with Gasteiger partial charge in [0.25, 0.3) is 0 Å². The lowest BCUT2D eigenvalue weighted by molar-refractivity contribution is -0.385. The highest BCUT2D eigenvalue weighted by atomic mass is 35.5. The molecule has 7 nitrogen and oxygen atoms in total. The molecule has 1 aromatic heterocycles. The molecular formula is C12H6Cl4N4O3. The maximum Gasteiger partial charge on any atom is 0.312 e. The molecule has 23 heavy (non-hydrogen) atoms. The molecule has 0 saturated heterocycles. The number of phenols is 1. The highest BCUT2D eigenvalue weighted by Crippen LogP contribution is 2.32. The molecule has 120 valence electrons. The minimum absolute atomic E-state index is 0.0232. The molecule has 0 aliphatic rings. The number of hydrogen-bond donors (Lipinski definition) is 2. The fourth-order valence-electron chi connectivity index (χ4n) is 1.53. The van der Waals surface area contributed by atoms with Crippen molar-refractivity contribution in [3.8, 4) is 5.75 Å². The van der Waals surface area contributed by atoms with Gasteiger partial charge in [-0.15, -0.1) is 0 Å². The van der Waals surface area contributed by atoms with Crippen LogP contribution < -0.4 is 5.43 Å². The third-order valence-electron chi connectivity index (χ3n) is 2.54. The van der Waals surface area contributed by atoms with Crippen molar-refractivity contribution in [2.45, 2.75) is 0 Å². The van der Waals surface area contributed by atoms with E-state index < -0.39 is 16.4 Å². The monoisotopic (exact) mass is 394 g/mol. The minimum Gasteiger partial charge on any atom is -0.502 e. The fraction of sp³-hybridized carbons (Fsp3) is 0. The first-order valence-electron chi connectivity index (χ1n) is 5.77. The van der Waals surface area contributed by atoms with Gasteiger partial charge in [-0.2, -0.15) is 5.10 Å². The van der Waals surface area contributed by atoms with Crippen LogP contribution in [0.15, 0.2) is 23.3 Å². The number of nitrogens with one attached hydrogen (secondary N) is 1. The summed E-state index contributed by atoms with van der Waals surface area (Å²) in [6.07, 6.45) is 1.12. The Kier molecular flexibility index (Phi) is 5.48. The summed E-state index contributed by atoms with van der Waals surface area (Å²) in [4.78, 5) is 13.9. The molecule has 1 heterocycles. The quantitative estimate of drug-likeness (QED) is 0.336. The number of phenolic OH excluding ortho intramolecular Hbond substituents is 1. The van der Waals surface area contributed by atoms with E-state index in [2.05, 4.69) is 15.5 Å². The Bertz CT molecular complexity index is 813. The Morgan fingerprint density at radius 3 is 2.57 bits per heavy atom. The Balaban J connectivity index is 2.28. The van der Waals surface area contributed by atoms with Gasteiger partial charge < -0.3 is 5.11 Å². The zero-order chi connectivity index (χ0) is 17.1. The smallest absolute Gasteiger partial charge is 0.312 e. The maximum atomic E-state index is 10.8. The number of aromatic hydroxyl groups is 1. The van der Waals surface area contributed by atoms with Crippen molar-refractivity contribution in [2.24, 2.45) is 5.10 Å². The van der Waals surface area contributed by atoms with Gasteiger partial charge in [0.05, 0.1) is 21.2 Å². The second kappa shape index (κ2) is 7.18. The molecule has 0 saturated carbocycles. The van der Waals surface area contributed by atoms with Gasteiger partial charge in [0.2, 0.25) is 5.75 Å². The largest absolute Gasteiger partial charge is 0.502 e. The Labute approximate surface area is 149 Å². The summed E-state index contributed by atoms with van der Waals surface area (Å²) in [5, 5.41) is 24.8. The molecule has 0 atom stereocenters. The zero-order valence-electron chi connectivity index (χ0n) is 10.9. The molecule has 0 fully saturated rings. The number of halogens is 4. The Morgan fingerprint density at radius 1 is 1.22 bits per heavy atom. The van der Waals surface area contributed by atoms with Gasteiger partial charge in [0.15, 0.2) is 5.82 Å². The second-order valence-corrected chi connectivity index (χ2v) is 5.69. The van der Waals surface area contributed by atoms with E-state index in [0.717, 1.165) is 12.3 Å². The van der Waals surface area contributed by atoms with E-state index in [9.17, 15) is 15.2 Å². The molecule has 0 unspecified atom stereocenters. The van der Waals surface area contributed by atoms with E-state index in [1.54, 1.807) is 0 Å². The van der Waals surface area contributed by atoms with Gasteiger partial charge in [-0.1, -0.05) is 46.4 Å². The highest BCUT2D eigenvalue weighted by molar-refractivity contribution is 6.42. The standard InChI is InChI=1S/C12H6Cl4N4O3/c13-6-1-5(10(21)9(2-6)20(22)23)4-17-19-12-8(15)3-7(14)11(16)18-12/h1-4,21H,(H,18,19)/b17-4+. The number of aromatic nitrogens is 1. The summed E-state index contributed by atoms with van der Waals surface area (Å²) < 4.78 is 0. The van der Waals surface area contributed by atoms with Crippen LogP contribution in [0.1, 0.15) is 5.56 Å². The summed E-state index contributed by atoms with van der Waals surface area (Å²) in [6, 6.07) is 3.70. The van der Waals surface area contributed by atoms with E-state index in [-0.39, 0.29) is 31.6 Å². The first-order chi connectivity index (χ1) is 10.8. The third-order valence-corrected chi connectivity index (χ3v) is 3.72. The van der Waals surface area contributed by atoms with Gasteiger partial charge in [0, 0.05) is 16.7 Å². The van der Waals surface area contributed by atoms with Crippen LogP contribution >= 0.6 is 46.4 Å². The molecule has 0 spiro atoms. The van der Waals surface area contributed by atoms with Gasteiger partial charge in [-0.3, -0.25) is 15.5 Å². The first kappa shape index (κ1) is 17.6. The van der Waals surface area contributed by atoms with Gasteiger partial charge in [0.1, 0.15) is 5.15 Å². The number of hydrazone groups is 1. The summed E-state index contributed by atoms with van der Waals surface area (Å²) in [5.74, 6) is -0.452. The van der Waals surface area contributed by atoms with Gasteiger partial charge in [-0.05, 0) is 12.1 Å². The first-order valence-corrected chi connectivity index (χ1v) is 7.28. The number of rotatable bonds is 4. The lowest BCUT2D eigenvalue weighted by Crippen LogP contribution is -1.97. The number of nitrogens with zero attached hydrogens (tertiary/aromatic N) is 3. The topological polar surface area (TPSA) is 101 Å². The highest BCUT2D eigenvalue weighted by Gasteiger charge is 2.17. The van der Waals surface area contributed by atoms with Crippen LogP contribution in [0.4, 0.5) is 11.5 Å². The van der Waals surface area contributed by atoms with Gasteiger partial charge >= 0.3 is 5.69 Å². The van der Waals surface area contributed by atoms with Gasteiger partial charge in [-0.25, -0.2) is 4.98 Å². The Hall–Kier alpha value is -1.80. The van der Waals surface area contributed by atoms with E-state index in [1.807, 2.05) is 0 Å².